The van der Waals surface area contributed by atoms with Crippen LogP contribution in [0.1, 0.15) is 12.1 Å². The summed E-state index contributed by atoms with van der Waals surface area (Å²) in [6, 6.07) is 0. The summed E-state index contributed by atoms with van der Waals surface area (Å²) in [6.07, 6.45) is 5.21. The molecule has 0 fully saturated rings. The van der Waals surface area contributed by atoms with Crippen molar-refractivity contribution in [3.8, 4) is 0 Å². The third kappa shape index (κ3) is 3.47. The van der Waals surface area contributed by atoms with Gasteiger partial charge in [0, 0.05) is 25.5 Å². The van der Waals surface area contributed by atoms with Crippen LogP contribution in [0.15, 0.2) is 12.5 Å². The van der Waals surface area contributed by atoms with Gasteiger partial charge in [-0.15, -0.1) is 0 Å². The monoisotopic (exact) mass is 217 g/mol. The quantitative estimate of drug-likeness (QED) is 0.739. The molecule has 2 N–H and O–H groups in total. The van der Waals surface area contributed by atoms with E-state index in [1.807, 2.05) is 4.57 Å². The van der Waals surface area contributed by atoms with E-state index >= 15 is 0 Å². The Morgan fingerprint density at radius 3 is 2.86 bits per heavy atom. The summed E-state index contributed by atoms with van der Waals surface area (Å²) >= 11 is 0. The Morgan fingerprint density at radius 2 is 2.29 bits per heavy atom. The van der Waals surface area contributed by atoms with Gasteiger partial charge in [-0.05, 0) is 6.42 Å². The molecule has 80 valence electrons. The number of aryl methyl sites for hydroxylation is 1. The summed E-state index contributed by atoms with van der Waals surface area (Å²) in [5.41, 5.74) is 6.40. The first-order chi connectivity index (χ1) is 6.53. The van der Waals surface area contributed by atoms with E-state index < -0.39 is 9.84 Å². The standard InChI is InChI=1S/C8H15N3O2S/c1-14(12,13)4-2-3-11-7-10-6-8(11)5-9/h6-7H,2-5,9H2,1H3. The molecule has 0 aliphatic heterocycles. The normalized spacial score (nSPS) is 11.9. The van der Waals surface area contributed by atoms with Crippen LogP contribution < -0.4 is 5.73 Å². The fourth-order valence-electron chi connectivity index (χ4n) is 1.22. The molecule has 0 aromatic carbocycles. The lowest BCUT2D eigenvalue weighted by Crippen LogP contribution is -2.10. The number of hydrogen-bond donors (Lipinski definition) is 1. The average molecular weight is 217 g/mol. The molecular weight excluding hydrogens is 202 g/mol. The molecule has 6 heteroatoms. The van der Waals surface area contributed by atoms with Gasteiger partial charge in [-0.25, -0.2) is 13.4 Å². The topological polar surface area (TPSA) is 78.0 Å². The lowest BCUT2D eigenvalue weighted by atomic mass is 10.4. The van der Waals surface area contributed by atoms with Gasteiger partial charge in [0.05, 0.1) is 17.8 Å². The molecule has 0 saturated heterocycles. The van der Waals surface area contributed by atoms with Crippen LogP contribution in [0, 0.1) is 0 Å². The van der Waals surface area contributed by atoms with Crippen molar-refractivity contribution in [3.05, 3.63) is 18.2 Å². The fourth-order valence-corrected chi connectivity index (χ4v) is 1.87. The van der Waals surface area contributed by atoms with Crippen LogP contribution >= 0.6 is 0 Å². The predicted molar refractivity (Wildman–Crippen MR) is 54.4 cm³/mol. The fraction of sp³-hybridized carbons (Fsp3) is 0.625. The number of aromatic nitrogens is 2. The first kappa shape index (κ1) is 11.2. The van der Waals surface area contributed by atoms with Crippen molar-refractivity contribution in [3.63, 3.8) is 0 Å². The Hall–Kier alpha value is -0.880. The zero-order chi connectivity index (χ0) is 10.6. The highest BCUT2D eigenvalue weighted by molar-refractivity contribution is 7.90. The summed E-state index contributed by atoms with van der Waals surface area (Å²) in [6.45, 7) is 1.08. The zero-order valence-corrected chi connectivity index (χ0v) is 9.00. The molecule has 0 saturated carbocycles. The lowest BCUT2D eigenvalue weighted by Gasteiger charge is -2.05. The Labute approximate surface area is 83.9 Å². The van der Waals surface area contributed by atoms with Crippen molar-refractivity contribution < 1.29 is 8.42 Å². The van der Waals surface area contributed by atoms with Gasteiger partial charge in [-0.3, -0.25) is 0 Å². The smallest absolute Gasteiger partial charge is 0.147 e. The van der Waals surface area contributed by atoms with Crippen molar-refractivity contribution in [1.29, 1.82) is 0 Å². The predicted octanol–water partition coefficient (Wildman–Crippen LogP) is -0.224. The molecule has 1 heterocycles. The summed E-state index contributed by atoms with van der Waals surface area (Å²) in [5.74, 6) is 0.204. The summed E-state index contributed by atoms with van der Waals surface area (Å²) < 4.78 is 23.6. The van der Waals surface area contributed by atoms with Crippen LogP contribution in [0.3, 0.4) is 0 Å². The summed E-state index contributed by atoms with van der Waals surface area (Å²) in [7, 11) is -2.86. The second kappa shape index (κ2) is 4.56. The number of hydrogen-bond acceptors (Lipinski definition) is 4. The maximum Gasteiger partial charge on any atom is 0.147 e. The number of nitrogens with zero attached hydrogens (tertiary/aromatic N) is 2. The minimum atomic E-state index is -2.86. The van der Waals surface area contributed by atoms with Gasteiger partial charge in [0.2, 0.25) is 0 Å². The van der Waals surface area contributed by atoms with E-state index in [1.54, 1.807) is 12.5 Å². The van der Waals surface area contributed by atoms with E-state index in [2.05, 4.69) is 4.98 Å². The van der Waals surface area contributed by atoms with Gasteiger partial charge < -0.3 is 10.3 Å². The first-order valence-corrected chi connectivity index (χ1v) is 6.46. The van der Waals surface area contributed by atoms with Gasteiger partial charge in [-0.1, -0.05) is 0 Å². The van der Waals surface area contributed by atoms with Gasteiger partial charge >= 0.3 is 0 Å². The highest BCUT2D eigenvalue weighted by Crippen LogP contribution is 2.00. The van der Waals surface area contributed by atoms with Gasteiger partial charge in [0.1, 0.15) is 9.84 Å². The van der Waals surface area contributed by atoms with Crippen LogP contribution in [0.25, 0.3) is 0 Å². The molecule has 0 atom stereocenters. The molecule has 0 unspecified atom stereocenters. The molecule has 0 aliphatic rings. The van der Waals surface area contributed by atoms with Gasteiger partial charge in [0.25, 0.3) is 0 Å². The second-order valence-corrected chi connectivity index (χ2v) is 5.53. The number of rotatable bonds is 5. The molecule has 1 aromatic heterocycles. The molecule has 5 nitrogen and oxygen atoms in total. The highest BCUT2D eigenvalue weighted by Gasteiger charge is 2.03. The number of imidazole rings is 1. The molecule has 0 bridgehead atoms. The maximum atomic E-state index is 10.9. The lowest BCUT2D eigenvalue weighted by molar-refractivity contribution is 0.588. The highest BCUT2D eigenvalue weighted by atomic mass is 32.2. The Morgan fingerprint density at radius 1 is 1.57 bits per heavy atom. The van der Waals surface area contributed by atoms with Crippen LogP contribution in [0.4, 0.5) is 0 Å². The third-order valence-electron chi connectivity index (χ3n) is 1.92. The van der Waals surface area contributed by atoms with E-state index in [0.29, 0.717) is 19.5 Å². The molecule has 1 aromatic rings. The van der Waals surface area contributed by atoms with Crippen molar-refractivity contribution in [2.75, 3.05) is 12.0 Å². The van der Waals surface area contributed by atoms with Crippen molar-refractivity contribution in [1.82, 2.24) is 9.55 Å². The van der Waals surface area contributed by atoms with Crippen molar-refractivity contribution in [2.45, 2.75) is 19.5 Å². The number of sulfone groups is 1. The van der Waals surface area contributed by atoms with Crippen LogP contribution in [0.5, 0.6) is 0 Å². The van der Waals surface area contributed by atoms with Crippen LogP contribution in [0.2, 0.25) is 0 Å². The van der Waals surface area contributed by atoms with Crippen molar-refractivity contribution in [2.24, 2.45) is 5.73 Å². The molecule has 14 heavy (non-hydrogen) atoms. The van der Waals surface area contributed by atoms with E-state index in [9.17, 15) is 8.42 Å². The Kier molecular flexibility index (Phi) is 3.65. The average Bonchev–Trinajstić information content (AvgIpc) is 2.49. The maximum absolute atomic E-state index is 10.9. The van der Waals surface area contributed by atoms with Crippen LogP contribution in [-0.4, -0.2) is 30.0 Å². The van der Waals surface area contributed by atoms with E-state index in [1.165, 1.54) is 6.26 Å². The molecule has 0 aliphatic carbocycles. The van der Waals surface area contributed by atoms with Crippen LogP contribution in [-0.2, 0) is 22.9 Å². The molecule has 0 amide bonds. The third-order valence-corrected chi connectivity index (χ3v) is 2.95. The second-order valence-electron chi connectivity index (χ2n) is 3.27. The molecule has 0 radical (unpaired) electrons. The zero-order valence-electron chi connectivity index (χ0n) is 8.18. The number of nitrogens with two attached hydrogens (primary N) is 1. The minimum absolute atomic E-state index is 0.204. The van der Waals surface area contributed by atoms with E-state index in [-0.39, 0.29) is 5.75 Å². The van der Waals surface area contributed by atoms with Gasteiger partial charge in [-0.2, -0.15) is 0 Å². The molecule has 0 spiro atoms. The first-order valence-electron chi connectivity index (χ1n) is 4.40. The molecular formula is C8H15N3O2S. The van der Waals surface area contributed by atoms with Gasteiger partial charge in [0.15, 0.2) is 0 Å². The largest absolute Gasteiger partial charge is 0.333 e. The van der Waals surface area contributed by atoms with Crippen molar-refractivity contribution >= 4 is 9.84 Å². The SMILES string of the molecule is CS(=O)(=O)CCCn1cncc1CN. The Bertz CT molecular complexity index is 383. The minimum Gasteiger partial charge on any atom is -0.333 e. The molecule has 1 rings (SSSR count). The summed E-state index contributed by atoms with van der Waals surface area (Å²) in [4.78, 5) is 3.94. The Balaban J connectivity index is 2.46. The summed E-state index contributed by atoms with van der Waals surface area (Å²) in [5, 5.41) is 0. The van der Waals surface area contributed by atoms with E-state index in [4.69, 9.17) is 5.73 Å². The van der Waals surface area contributed by atoms with E-state index in [0.717, 1.165) is 5.69 Å².